The Morgan fingerprint density at radius 3 is 2.62 bits per heavy atom. The molecule has 1 N–H and O–H groups in total. The number of nitrogens with one attached hydrogen (secondary N) is 1. The van der Waals surface area contributed by atoms with Gasteiger partial charge in [0.25, 0.3) is 0 Å². The molecule has 1 atom stereocenters. The Labute approximate surface area is 79.0 Å². The third kappa shape index (κ3) is 2.52. The van der Waals surface area contributed by atoms with Crippen LogP contribution in [0.3, 0.4) is 0 Å². The average molecular weight is 181 g/mol. The fourth-order valence-corrected chi connectivity index (χ4v) is 1.47. The minimum Gasteiger partial charge on any atom is -0.317 e. The standard InChI is InChI=1S/C11H16FN/c1-8-4-5-10(9(2)6-8)11(12)7-13-3/h4-6,11,13H,7H2,1-3H3. The van der Waals surface area contributed by atoms with E-state index in [0.717, 1.165) is 11.1 Å². The van der Waals surface area contributed by atoms with Crippen LogP contribution in [-0.4, -0.2) is 13.6 Å². The molecule has 0 heterocycles. The van der Waals surface area contributed by atoms with Crippen LogP contribution < -0.4 is 5.32 Å². The van der Waals surface area contributed by atoms with Gasteiger partial charge in [-0.2, -0.15) is 0 Å². The average Bonchev–Trinajstić information content (AvgIpc) is 2.04. The van der Waals surface area contributed by atoms with E-state index in [-0.39, 0.29) is 0 Å². The van der Waals surface area contributed by atoms with Crippen molar-refractivity contribution in [1.82, 2.24) is 5.32 Å². The second-order valence-corrected chi connectivity index (χ2v) is 3.39. The van der Waals surface area contributed by atoms with E-state index in [2.05, 4.69) is 5.32 Å². The molecule has 1 rings (SSSR count). The van der Waals surface area contributed by atoms with E-state index in [4.69, 9.17) is 0 Å². The van der Waals surface area contributed by atoms with E-state index in [1.165, 1.54) is 5.56 Å². The molecule has 0 saturated carbocycles. The highest BCUT2D eigenvalue weighted by Crippen LogP contribution is 2.21. The van der Waals surface area contributed by atoms with Crippen molar-refractivity contribution in [2.24, 2.45) is 0 Å². The molecule has 0 bridgehead atoms. The third-order valence-corrected chi connectivity index (χ3v) is 2.15. The predicted molar refractivity (Wildman–Crippen MR) is 53.7 cm³/mol. The Bertz CT molecular complexity index is 283. The largest absolute Gasteiger partial charge is 0.317 e. The van der Waals surface area contributed by atoms with Gasteiger partial charge in [-0.25, -0.2) is 4.39 Å². The Kier molecular flexibility index (Phi) is 3.43. The van der Waals surface area contributed by atoms with E-state index in [1.807, 2.05) is 32.0 Å². The van der Waals surface area contributed by atoms with Crippen LogP contribution in [0.5, 0.6) is 0 Å². The molecule has 0 spiro atoms. The van der Waals surface area contributed by atoms with Gasteiger partial charge in [-0.3, -0.25) is 0 Å². The first-order chi connectivity index (χ1) is 6.15. The number of aryl methyl sites for hydroxylation is 2. The van der Waals surface area contributed by atoms with Crippen molar-refractivity contribution in [2.45, 2.75) is 20.0 Å². The van der Waals surface area contributed by atoms with Gasteiger partial charge in [-0.15, -0.1) is 0 Å². The summed E-state index contributed by atoms with van der Waals surface area (Å²) >= 11 is 0. The predicted octanol–water partition coefficient (Wildman–Crippen LogP) is 2.53. The molecule has 0 radical (unpaired) electrons. The second kappa shape index (κ2) is 4.38. The lowest BCUT2D eigenvalue weighted by Crippen LogP contribution is -2.14. The number of benzene rings is 1. The zero-order valence-corrected chi connectivity index (χ0v) is 8.39. The number of likely N-dealkylation sites (N-methyl/N-ethyl adjacent to an activating group) is 1. The maximum Gasteiger partial charge on any atom is 0.138 e. The van der Waals surface area contributed by atoms with Crippen LogP contribution in [0.15, 0.2) is 18.2 Å². The van der Waals surface area contributed by atoms with Gasteiger partial charge >= 0.3 is 0 Å². The Morgan fingerprint density at radius 1 is 1.38 bits per heavy atom. The first-order valence-electron chi connectivity index (χ1n) is 4.51. The molecule has 1 nitrogen and oxygen atoms in total. The number of hydrogen-bond acceptors (Lipinski definition) is 1. The molecule has 1 aromatic rings. The van der Waals surface area contributed by atoms with Crippen molar-refractivity contribution in [2.75, 3.05) is 13.6 Å². The van der Waals surface area contributed by atoms with Crippen molar-refractivity contribution in [3.05, 3.63) is 34.9 Å². The second-order valence-electron chi connectivity index (χ2n) is 3.39. The summed E-state index contributed by atoms with van der Waals surface area (Å²) in [5.41, 5.74) is 3.00. The van der Waals surface area contributed by atoms with Crippen LogP contribution in [0.4, 0.5) is 4.39 Å². The number of hydrogen-bond donors (Lipinski definition) is 1. The van der Waals surface area contributed by atoms with Gasteiger partial charge in [0, 0.05) is 6.54 Å². The SMILES string of the molecule is CNCC(F)c1ccc(C)cc1C. The summed E-state index contributed by atoms with van der Waals surface area (Å²) in [5.74, 6) is 0. The lowest BCUT2D eigenvalue weighted by Gasteiger charge is -2.11. The highest BCUT2D eigenvalue weighted by Gasteiger charge is 2.10. The van der Waals surface area contributed by atoms with Crippen LogP contribution >= 0.6 is 0 Å². The van der Waals surface area contributed by atoms with E-state index in [0.29, 0.717) is 6.54 Å². The molecule has 0 aliphatic carbocycles. The summed E-state index contributed by atoms with van der Waals surface area (Å²) in [5, 5.41) is 2.83. The molecule has 0 saturated heterocycles. The maximum atomic E-state index is 13.5. The Morgan fingerprint density at radius 2 is 2.08 bits per heavy atom. The van der Waals surface area contributed by atoms with Crippen molar-refractivity contribution in [1.29, 1.82) is 0 Å². The van der Waals surface area contributed by atoms with Gasteiger partial charge in [-0.1, -0.05) is 23.8 Å². The first kappa shape index (κ1) is 10.2. The van der Waals surface area contributed by atoms with Crippen LogP contribution in [0.25, 0.3) is 0 Å². The lowest BCUT2D eigenvalue weighted by molar-refractivity contribution is 0.334. The van der Waals surface area contributed by atoms with Gasteiger partial charge in [0.15, 0.2) is 0 Å². The summed E-state index contributed by atoms with van der Waals surface area (Å²) in [7, 11) is 1.76. The highest BCUT2D eigenvalue weighted by molar-refractivity contribution is 5.32. The molecule has 13 heavy (non-hydrogen) atoms. The highest BCUT2D eigenvalue weighted by atomic mass is 19.1. The van der Waals surface area contributed by atoms with Crippen LogP contribution in [0.1, 0.15) is 22.9 Å². The first-order valence-corrected chi connectivity index (χ1v) is 4.51. The van der Waals surface area contributed by atoms with Crippen LogP contribution in [0.2, 0.25) is 0 Å². The van der Waals surface area contributed by atoms with Gasteiger partial charge in [0.1, 0.15) is 6.17 Å². The number of halogens is 1. The van der Waals surface area contributed by atoms with Gasteiger partial charge < -0.3 is 5.32 Å². The molecule has 1 unspecified atom stereocenters. The molecular formula is C11H16FN. The minimum absolute atomic E-state index is 0.379. The normalized spacial score (nSPS) is 12.9. The molecule has 72 valence electrons. The van der Waals surface area contributed by atoms with E-state index in [1.54, 1.807) is 7.05 Å². The summed E-state index contributed by atoms with van der Waals surface area (Å²) in [6.45, 7) is 4.34. The van der Waals surface area contributed by atoms with Crippen molar-refractivity contribution < 1.29 is 4.39 Å². The van der Waals surface area contributed by atoms with Gasteiger partial charge in [0.2, 0.25) is 0 Å². The summed E-state index contributed by atoms with van der Waals surface area (Å²) in [6, 6.07) is 5.83. The third-order valence-electron chi connectivity index (χ3n) is 2.15. The fourth-order valence-electron chi connectivity index (χ4n) is 1.47. The molecular weight excluding hydrogens is 165 g/mol. The zero-order chi connectivity index (χ0) is 9.84. The maximum absolute atomic E-state index is 13.5. The van der Waals surface area contributed by atoms with Crippen LogP contribution in [-0.2, 0) is 0 Å². The van der Waals surface area contributed by atoms with Gasteiger partial charge in [0.05, 0.1) is 0 Å². The minimum atomic E-state index is -0.898. The Balaban J connectivity index is 2.88. The fraction of sp³-hybridized carbons (Fsp3) is 0.455. The van der Waals surface area contributed by atoms with Crippen molar-refractivity contribution >= 4 is 0 Å². The molecule has 0 fully saturated rings. The zero-order valence-electron chi connectivity index (χ0n) is 8.39. The smallest absolute Gasteiger partial charge is 0.138 e. The lowest BCUT2D eigenvalue weighted by atomic mass is 10.0. The topological polar surface area (TPSA) is 12.0 Å². The monoisotopic (exact) mass is 181 g/mol. The molecule has 0 aliphatic rings. The van der Waals surface area contributed by atoms with Crippen molar-refractivity contribution in [3.63, 3.8) is 0 Å². The Hall–Kier alpha value is -0.890. The molecule has 1 aromatic carbocycles. The van der Waals surface area contributed by atoms with Crippen molar-refractivity contribution in [3.8, 4) is 0 Å². The molecule has 0 aliphatic heterocycles. The molecule has 2 heteroatoms. The van der Waals surface area contributed by atoms with E-state index in [9.17, 15) is 4.39 Å². The van der Waals surface area contributed by atoms with Gasteiger partial charge in [-0.05, 0) is 32.0 Å². The molecule has 0 amide bonds. The summed E-state index contributed by atoms with van der Waals surface area (Å²) in [4.78, 5) is 0. The number of rotatable bonds is 3. The summed E-state index contributed by atoms with van der Waals surface area (Å²) < 4.78 is 13.5. The summed E-state index contributed by atoms with van der Waals surface area (Å²) in [6.07, 6.45) is -0.898. The number of alkyl halides is 1. The van der Waals surface area contributed by atoms with E-state index < -0.39 is 6.17 Å². The quantitative estimate of drug-likeness (QED) is 0.755. The van der Waals surface area contributed by atoms with Crippen LogP contribution in [0, 0.1) is 13.8 Å². The van der Waals surface area contributed by atoms with E-state index >= 15 is 0 Å². The molecule has 0 aromatic heterocycles.